The molecule has 3 amide bonds. The summed E-state index contributed by atoms with van der Waals surface area (Å²) in [6.45, 7) is 5.18. The number of halogens is 1. The zero-order valence-corrected chi connectivity index (χ0v) is 16.0. The number of nitrogens with two attached hydrogens (primary N) is 1. The number of aryl methyl sites for hydroxylation is 1. The molecule has 27 heavy (non-hydrogen) atoms. The van der Waals surface area contributed by atoms with E-state index in [9.17, 15) is 9.59 Å². The molecule has 0 saturated carbocycles. The number of benzene rings is 2. The Kier molecular flexibility index (Phi) is 5.98. The monoisotopic (exact) mass is 387 g/mol. The zero-order chi connectivity index (χ0) is 19.4. The van der Waals surface area contributed by atoms with Gasteiger partial charge in [-0.1, -0.05) is 48.0 Å². The van der Waals surface area contributed by atoms with Crippen LogP contribution in [0.4, 0.5) is 10.5 Å². The van der Waals surface area contributed by atoms with E-state index in [1.54, 1.807) is 0 Å². The van der Waals surface area contributed by atoms with E-state index in [-0.39, 0.29) is 5.91 Å². The number of hydrogen-bond donors (Lipinski definition) is 3. The average Bonchev–Trinajstić information content (AvgIpc) is 2.65. The third-order valence-corrected chi connectivity index (χ3v) is 5.20. The summed E-state index contributed by atoms with van der Waals surface area (Å²) < 4.78 is 0. The number of quaternary nitrogens is 1. The van der Waals surface area contributed by atoms with Gasteiger partial charge in [0.15, 0.2) is 6.04 Å². The lowest BCUT2D eigenvalue weighted by atomic mass is 10.0. The first kappa shape index (κ1) is 19.2. The summed E-state index contributed by atoms with van der Waals surface area (Å²) in [5.41, 5.74) is 8.34. The molecule has 142 valence electrons. The van der Waals surface area contributed by atoms with Crippen molar-refractivity contribution >= 4 is 29.2 Å². The van der Waals surface area contributed by atoms with Crippen LogP contribution in [0.25, 0.3) is 0 Å². The van der Waals surface area contributed by atoms with Gasteiger partial charge in [-0.2, -0.15) is 0 Å². The maximum absolute atomic E-state index is 12.6. The first-order valence-corrected chi connectivity index (χ1v) is 9.34. The van der Waals surface area contributed by atoms with Crippen LogP contribution in [0.15, 0.2) is 48.5 Å². The number of anilines is 1. The number of carbonyl (C=O) groups is 2. The van der Waals surface area contributed by atoms with Gasteiger partial charge in [-0.15, -0.1) is 0 Å². The summed E-state index contributed by atoms with van der Waals surface area (Å²) in [4.78, 5) is 27.2. The number of imide groups is 1. The van der Waals surface area contributed by atoms with Crippen molar-refractivity contribution < 1.29 is 14.5 Å². The molecule has 0 bridgehead atoms. The van der Waals surface area contributed by atoms with Gasteiger partial charge < -0.3 is 15.5 Å². The Morgan fingerprint density at radius 1 is 1.15 bits per heavy atom. The van der Waals surface area contributed by atoms with E-state index in [0.29, 0.717) is 5.02 Å². The molecule has 1 atom stereocenters. The number of primary amides is 1. The third kappa shape index (κ3) is 4.59. The Labute approximate surface area is 163 Å². The maximum Gasteiger partial charge on any atom is 0.319 e. The summed E-state index contributed by atoms with van der Waals surface area (Å²) in [5, 5.41) is 2.96. The third-order valence-electron chi connectivity index (χ3n) is 4.97. The van der Waals surface area contributed by atoms with Crippen LogP contribution in [0.3, 0.4) is 0 Å². The number of urea groups is 1. The summed E-state index contributed by atoms with van der Waals surface area (Å²) in [6, 6.07) is 14.1. The predicted molar refractivity (Wildman–Crippen MR) is 106 cm³/mol. The standard InChI is InChI=1S/C20H23ClN4O2/c1-14-7-8-16(21)13-17(14)24-9-11-25(12-10-24)18(19(26)23-20(22)27)15-5-3-2-4-6-15/h2-8,13,18H,9-12H2,1H3,(H3,22,23,26,27)/p+1/t18-/m0/s1. The predicted octanol–water partition coefficient (Wildman–Crippen LogP) is 1.29. The second-order valence-electron chi connectivity index (χ2n) is 6.77. The molecular formula is C20H24ClN4O2+. The first-order valence-electron chi connectivity index (χ1n) is 8.96. The van der Waals surface area contributed by atoms with E-state index >= 15 is 0 Å². The Balaban J connectivity index is 1.77. The fourth-order valence-electron chi connectivity index (χ4n) is 3.66. The fourth-order valence-corrected chi connectivity index (χ4v) is 3.82. The summed E-state index contributed by atoms with van der Waals surface area (Å²) in [7, 11) is 0. The molecule has 0 spiro atoms. The Morgan fingerprint density at radius 3 is 2.44 bits per heavy atom. The molecule has 1 fully saturated rings. The Morgan fingerprint density at radius 2 is 1.81 bits per heavy atom. The summed E-state index contributed by atoms with van der Waals surface area (Å²) in [6.07, 6.45) is 0. The second-order valence-corrected chi connectivity index (χ2v) is 7.21. The fraction of sp³-hybridized carbons (Fsp3) is 0.300. The van der Waals surface area contributed by atoms with Gasteiger partial charge in [0, 0.05) is 16.3 Å². The molecule has 1 aliphatic heterocycles. The van der Waals surface area contributed by atoms with Crippen LogP contribution in [0, 0.1) is 6.92 Å². The molecule has 7 heteroatoms. The van der Waals surface area contributed by atoms with Crippen molar-refractivity contribution in [1.29, 1.82) is 0 Å². The topological polar surface area (TPSA) is 79.9 Å². The highest BCUT2D eigenvalue weighted by molar-refractivity contribution is 6.30. The van der Waals surface area contributed by atoms with Crippen LogP contribution in [-0.2, 0) is 4.79 Å². The average molecular weight is 388 g/mol. The van der Waals surface area contributed by atoms with E-state index in [2.05, 4.69) is 17.1 Å². The molecule has 4 N–H and O–H groups in total. The van der Waals surface area contributed by atoms with Crippen LogP contribution < -0.4 is 20.9 Å². The molecule has 2 aromatic rings. The number of nitrogens with zero attached hydrogens (tertiary/aromatic N) is 1. The van der Waals surface area contributed by atoms with Crippen molar-refractivity contribution in [3.8, 4) is 0 Å². The number of carbonyl (C=O) groups excluding carboxylic acids is 2. The zero-order valence-electron chi connectivity index (χ0n) is 15.2. The number of hydrogen-bond acceptors (Lipinski definition) is 3. The minimum Gasteiger partial charge on any atom is -0.360 e. The molecule has 1 saturated heterocycles. The molecule has 0 aliphatic carbocycles. The van der Waals surface area contributed by atoms with E-state index < -0.39 is 12.1 Å². The maximum atomic E-state index is 12.6. The molecule has 0 aromatic heterocycles. The van der Waals surface area contributed by atoms with Crippen LogP contribution in [0.2, 0.25) is 5.02 Å². The molecule has 1 heterocycles. The van der Waals surface area contributed by atoms with Crippen molar-refractivity contribution in [1.82, 2.24) is 5.32 Å². The molecule has 0 radical (unpaired) electrons. The smallest absolute Gasteiger partial charge is 0.319 e. The van der Waals surface area contributed by atoms with Gasteiger partial charge in [-0.05, 0) is 24.6 Å². The summed E-state index contributed by atoms with van der Waals surface area (Å²) >= 11 is 6.16. The minimum atomic E-state index is -0.825. The lowest BCUT2D eigenvalue weighted by Gasteiger charge is -2.37. The lowest BCUT2D eigenvalue weighted by molar-refractivity contribution is -0.922. The number of rotatable bonds is 4. The SMILES string of the molecule is Cc1ccc(Cl)cc1N1CC[NH+]([C@H](C(=O)NC(N)=O)c2ccccc2)CC1. The van der Waals surface area contributed by atoms with E-state index in [1.165, 1.54) is 5.56 Å². The van der Waals surface area contributed by atoms with Crippen molar-refractivity contribution in [2.75, 3.05) is 31.1 Å². The van der Waals surface area contributed by atoms with Gasteiger partial charge in [-0.3, -0.25) is 10.1 Å². The van der Waals surface area contributed by atoms with Crippen molar-refractivity contribution in [3.63, 3.8) is 0 Å². The van der Waals surface area contributed by atoms with Crippen molar-refractivity contribution in [2.24, 2.45) is 5.73 Å². The van der Waals surface area contributed by atoms with Gasteiger partial charge in [0.05, 0.1) is 26.2 Å². The molecule has 1 aliphatic rings. The molecule has 0 unspecified atom stereocenters. The highest BCUT2D eigenvalue weighted by Gasteiger charge is 2.35. The van der Waals surface area contributed by atoms with Crippen LogP contribution in [0.5, 0.6) is 0 Å². The number of amides is 3. The van der Waals surface area contributed by atoms with Crippen LogP contribution in [0.1, 0.15) is 17.2 Å². The number of piperazine rings is 1. The molecule has 6 nitrogen and oxygen atoms in total. The molecular weight excluding hydrogens is 364 g/mol. The summed E-state index contributed by atoms with van der Waals surface area (Å²) in [5.74, 6) is -0.365. The molecule has 2 aromatic carbocycles. The van der Waals surface area contributed by atoms with Gasteiger partial charge in [0.2, 0.25) is 0 Å². The van der Waals surface area contributed by atoms with Crippen LogP contribution in [-0.4, -0.2) is 38.1 Å². The van der Waals surface area contributed by atoms with Gasteiger partial charge >= 0.3 is 6.03 Å². The van der Waals surface area contributed by atoms with Crippen molar-refractivity contribution in [3.05, 3.63) is 64.7 Å². The van der Waals surface area contributed by atoms with Crippen LogP contribution >= 0.6 is 11.6 Å². The second kappa shape index (κ2) is 8.41. The van der Waals surface area contributed by atoms with Gasteiger partial charge in [0.25, 0.3) is 5.91 Å². The van der Waals surface area contributed by atoms with E-state index in [0.717, 1.165) is 42.3 Å². The lowest BCUT2D eigenvalue weighted by Crippen LogP contribution is -3.16. The Bertz CT molecular complexity index is 820. The highest BCUT2D eigenvalue weighted by atomic mass is 35.5. The van der Waals surface area contributed by atoms with Gasteiger partial charge in [0.1, 0.15) is 0 Å². The normalized spacial score (nSPS) is 16.0. The van der Waals surface area contributed by atoms with Gasteiger partial charge in [-0.25, -0.2) is 4.79 Å². The van der Waals surface area contributed by atoms with E-state index in [1.807, 2.05) is 48.5 Å². The largest absolute Gasteiger partial charge is 0.360 e. The molecule has 3 rings (SSSR count). The van der Waals surface area contributed by atoms with E-state index in [4.69, 9.17) is 17.3 Å². The first-order chi connectivity index (χ1) is 13.0. The number of nitrogens with one attached hydrogen (secondary N) is 2. The highest BCUT2D eigenvalue weighted by Crippen LogP contribution is 2.24. The minimum absolute atomic E-state index is 0.365. The quantitative estimate of drug-likeness (QED) is 0.739. The Hall–Kier alpha value is -2.57. The van der Waals surface area contributed by atoms with Crippen molar-refractivity contribution in [2.45, 2.75) is 13.0 Å².